The molecule has 0 fully saturated rings. The summed E-state index contributed by atoms with van der Waals surface area (Å²) in [6.07, 6.45) is 7.14. The minimum Gasteiger partial charge on any atom is -0.0940 e. The molecule has 1 atom stereocenters. The third-order valence-electron chi connectivity index (χ3n) is 3.38. The van der Waals surface area contributed by atoms with Crippen molar-refractivity contribution in [2.75, 3.05) is 6.54 Å². The molecular formula is C15H23N3. The van der Waals surface area contributed by atoms with Crippen LogP contribution in [0.4, 0.5) is 0 Å². The molecule has 0 bridgehead atoms. The normalized spacial score (nSPS) is 11.8. The van der Waals surface area contributed by atoms with E-state index >= 15 is 0 Å². The Kier molecular flexibility index (Phi) is 7.74. The first-order valence-electron chi connectivity index (χ1n) is 6.91. The molecule has 0 saturated heterocycles. The van der Waals surface area contributed by atoms with Crippen molar-refractivity contribution in [1.29, 1.82) is 0 Å². The first-order valence-corrected chi connectivity index (χ1v) is 6.91. The van der Waals surface area contributed by atoms with Gasteiger partial charge in [-0.15, -0.1) is 0 Å². The van der Waals surface area contributed by atoms with Crippen LogP contribution < -0.4 is 0 Å². The van der Waals surface area contributed by atoms with Gasteiger partial charge in [-0.3, -0.25) is 0 Å². The second-order valence-corrected chi connectivity index (χ2v) is 4.77. The van der Waals surface area contributed by atoms with Crippen LogP contribution in [0.25, 0.3) is 10.4 Å². The standard InChI is InChI=1S/C15H23N3/c1-2-14(9-7-4-8-12-17-18-16)13-15-10-5-3-6-11-15/h3,5-6,10-11,14H,2,4,7-9,12-13H2,1H3. The Morgan fingerprint density at radius 2 is 1.94 bits per heavy atom. The summed E-state index contributed by atoms with van der Waals surface area (Å²) < 4.78 is 0. The Labute approximate surface area is 110 Å². The van der Waals surface area contributed by atoms with Gasteiger partial charge in [0.05, 0.1) is 0 Å². The second-order valence-electron chi connectivity index (χ2n) is 4.77. The summed E-state index contributed by atoms with van der Waals surface area (Å²) in [5, 5.41) is 3.56. The van der Waals surface area contributed by atoms with E-state index in [4.69, 9.17) is 5.53 Å². The van der Waals surface area contributed by atoms with Gasteiger partial charge in [0.1, 0.15) is 0 Å². The van der Waals surface area contributed by atoms with Crippen molar-refractivity contribution in [3.8, 4) is 0 Å². The zero-order chi connectivity index (χ0) is 13.1. The summed E-state index contributed by atoms with van der Waals surface area (Å²) >= 11 is 0. The van der Waals surface area contributed by atoms with Crippen LogP contribution in [0, 0.1) is 5.92 Å². The molecule has 1 rings (SSSR count). The van der Waals surface area contributed by atoms with Gasteiger partial charge in [0.2, 0.25) is 0 Å². The van der Waals surface area contributed by atoms with E-state index in [1.54, 1.807) is 0 Å². The molecule has 3 nitrogen and oxygen atoms in total. The number of nitrogens with zero attached hydrogens (tertiary/aromatic N) is 3. The van der Waals surface area contributed by atoms with E-state index < -0.39 is 0 Å². The third-order valence-corrected chi connectivity index (χ3v) is 3.38. The van der Waals surface area contributed by atoms with Gasteiger partial charge in [-0.05, 0) is 29.9 Å². The lowest BCUT2D eigenvalue weighted by Gasteiger charge is -2.14. The fourth-order valence-corrected chi connectivity index (χ4v) is 2.23. The number of benzene rings is 1. The highest BCUT2D eigenvalue weighted by molar-refractivity contribution is 5.15. The Morgan fingerprint density at radius 1 is 1.17 bits per heavy atom. The largest absolute Gasteiger partial charge is 0.0940 e. The van der Waals surface area contributed by atoms with Crippen molar-refractivity contribution in [2.45, 2.75) is 45.4 Å². The van der Waals surface area contributed by atoms with Crippen molar-refractivity contribution in [2.24, 2.45) is 11.0 Å². The van der Waals surface area contributed by atoms with Gasteiger partial charge in [0.15, 0.2) is 0 Å². The van der Waals surface area contributed by atoms with Gasteiger partial charge < -0.3 is 0 Å². The van der Waals surface area contributed by atoms with Crippen LogP contribution >= 0.6 is 0 Å². The quantitative estimate of drug-likeness (QED) is 0.251. The number of hydrogen-bond donors (Lipinski definition) is 0. The Hall–Kier alpha value is -1.47. The molecule has 3 heteroatoms. The lowest BCUT2D eigenvalue weighted by molar-refractivity contribution is 0.441. The Balaban J connectivity index is 2.19. The summed E-state index contributed by atoms with van der Waals surface area (Å²) in [5.41, 5.74) is 9.61. The van der Waals surface area contributed by atoms with Crippen LogP contribution in [0.2, 0.25) is 0 Å². The third kappa shape index (κ3) is 6.31. The summed E-state index contributed by atoms with van der Waals surface area (Å²) in [5.74, 6) is 0.784. The molecule has 0 N–H and O–H groups in total. The highest BCUT2D eigenvalue weighted by Crippen LogP contribution is 2.18. The first-order chi connectivity index (χ1) is 8.86. The molecule has 18 heavy (non-hydrogen) atoms. The molecule has 0 aliphatic carbocycles. The highest BCUT2D eigenvalue weighted by atomic mass is 15.1. The van der Waals surface area contributed by atoms with Gasteiger partial charge in [0, 0.05) is 11.5 Å². The van der Waals surface area contributed by atoms with Gasteiger partial charge in [-0.1, -0.05) is 68.1 Å². The summed E-state index contributed by atoms with van der Waals surface area (Å²) in [6.45, 7) is 2.92. The zero-order valence-electron chi connectivity index (χ0n) is 11.3. The van der Waals surface area contributed by atoms with E-state index in [1.807, 2.05) is 0 Å². The summed E-state index contributed by atoms with van der Waals surface area (Å²) in [7, 11) is 0. The van der Waals surface area contributed by atoms with Crippen LogP contribution in [0.15, 0.2) is 35.4 Å². The van der Waals surface area contributed by atoms with E-state index in [9.17, 15) is 0 Å². The van der Waals surface area contributed by atoms with Crippen LogP contribution in [0.3, 0.4) is 0 Å². The average molecular weight is 245 g/mol. The first kappa shape index (κ1) is 14.6. The molecule has 1 aromatic rings. The molecule has 0 saturated carbocycles. The SMILES string of the molecule is CCC(CCCCCN=[N+]=[N-])Cc1ccccc1. The molecule has 1 unspecified atom stereocenters. The number of rotatable bonds is 9. The van der Waals surface area contributed by atoms with Crippen molar-refractivity contribution in [3.05, 3.63) is 46.3 Å². The maximum absolute atomic E-state index is 8.17. The van der Waals surface area contributed by atoms with Crippen LogP contribution in [0.1, 0.15) is 44.6 Å². The predicted molar refractivity (Wildman–Crippen MR) is 76.4 cm³/mol. The van der Waals surface area contributed by atoms with E-state index in [0.717, 1.165) is 12.3 Å². The average Bonchev–Trinajstić information content (AvgIpc) is 2.42. The molecule has 1 aromatic carbocycles. The van der Waals surface area contributed by atoms with Gasteiger partial charge in [0.25, 0.3) is 0 Å². The second kappa shape index (κ2) is 9.55. The number of hydrogen-bond acceptors (Lipinski definition) is 1. The van der Waals surface area contributed by atoms with E-state index in [0.29, 0.717) is 6.54 Å². The topological polar surface area (TPSA) is 48.8 Å². The maximum Gasteiger partial charge on any atom is 0.0257 e. The van der Waals surface area contributed by atoms with Crippen LogP contribution in [-0.4, -0.2) is 6.54 Å². The lowest BCUT2D eigenvalue weighted by atomic mass is 9.92. The van der Waals surface area contributed by atoms with Gasteiger partial charge in [-0.25, -0.2) is 0 Å². The molecular weight excluding hydrogens is 222 g/mol. The lowest BCUT2D eigenvalue weighted by Crippen LogP contribution is -2.03. The van der Waals surface area contributed by atoms with E-state index in [2.05, 4.69) is 47.3 Å². The fourth-order valence-electron chi connectivity index (χ4n) is 2.23. The molecule has 0 heterocycles. The molecule has 0 radical (unpaired) electrons. The van der Waals surface area contributed by atoms with Gasteiger partial charge in [-0.2, -0.15) is 0 Å². The number of azide groups is 1. The zero-order valence-corrected chi connectivity index (χ0v) is 11.3. The molecule has 98 valence electrons. The Bertz CT molecular complexity index is 355. The van der Waals surface area contributed by atoms with Crippen LogP contribution in [0.5, 0.6) is 0 Å². The maximum atomic E-state index is 8.17. The highest BCUT2D eigenvalue weighted by Gasteiger charge is 2.06. The predicted octanol–water partition coefficient (Wildman–Crippen LogP) is 5.13. The van der Waals surface area contributed by atoms with Crippen molar-refractivity contribution < 1.29 is 0 Å². The molecule has 0 aliphatic rings. The monoisotopic (exact) mass is 245 g/mol. The molecule has 0 amide bonds. The minimum absolute atomic E-state index is 0.645. The molecule has 0 aliphatic heterocycles. The molecule has 0 aromatic heterocycles. The van der Waals surface area contributed by atoms with E-state index in [-0.39, 0.29) is 0 Å². The summed E-state index contributed by atoms with van der Waals surface area (Å²) in [6, 6.07) is 10.7. The minimum atomic E-state index is 0.645. The molecule has 0 spiro atoms. The Morgan fingerprint density at radius 3 is 2.61 bits per heavy atom. The summed E-state index contributed by atoms with van der Waals surface area (Å²) in [4.78, 5) is 2.77. The van der Waals surface area contributed by atoms with Crippen molar-refractivity contribution in [1.82, 2.24) is 0 Å². The van der Waals surface area contributed by atoms with Crippen molar-refractivity contribution >= 4 is 0 Å². The number of unbranched alkanes of at least 4 members (excludes halogenated alkanes) is 2. The van der Waals surface area contributed by atoms with Gasteiger partial charge >= 0.3 is 0 Å². The van der Waals surface area contributed by atoms with E-state index in [1.165, 1.54) is 37.7 Å². The fraction of sp³-hybridized carbons (Fsp3) is 0.600. The smallest absolute Gasteiger partial charge is 0.0257 e. The van der Waals surface area contributed by atoms with Crippen molar-refractivity contribution in [3.63, 3.8) is 0 Å². The van der Waals surface area contributed by atoms with Crippen LogP contribution in [-0.2, 0) is 6.42 Å².